The van der Waals surface area contributed by atoms with Crippen molar-refractivity contribution in [1.82, 2.24) is 5.32 Å². The smallest absolute Gasteiger partial charge is 0.240 e. The monoisotopic (exact) mass is 389 g/mol. The number of amides is 2. The van der Waals surface area contributed by atoms with Gasteiger partial charge in [-0.25, -0.2) is 0 Å². The molecule has 2 aromatic carbocycles. The van der Waals surface area contributed by atoms with Gasteiger partial charge in [0.1, 0.15) is 6.54 Å². The van der Waals surface area contributed by atoms with E-state index in [1.54, 1.807) is 36.4 Å². The van der Waals surface area contributed by atoms with Gasteiger partial charge in [0, 0.05) is 29.2 Å². The first-order valence-electron chi connectivity index (χ1n) is 7.89. The molecular formula is C19H17Cl2N3O2. The molecule has 0 aliphatic rings. The van der Waals surface area contributed by atoms with Crippen molar-refractivity contribution in [2.24, 2.45) is 0 Å². The highest BCUT2D eigenvalue weighted by atomic mass is 35.5. The van der Waals surface area contributed by atoms with E-state index in [0.717, 1.165) is 5.56 Å². The van der Waals surface area contributed by atoms with E-state index in [1.807, 2.05) is 12.1 Å². The number of anilines is 1. The van der Waals surface area contributed by atoms with Gasteiger partial charge in [-0.05, 0) is 42.3 Å². The maximum absolute atomic E-state index is 12.2. The predicted molar refractivity (Wildman–Crippen MR) is 102 cm³/mol. The normalized spacial score (nSPS) is 10.1. The topological polar surface area (TPSA) is 73.2 Å². The number of hydrogen-bond acceptors (Lipinski definition) is 3. The SMILES string of the molecule is CC(=O)N(CC(=O)NCCc1ccc(Cl)cc1Cl)c1cccc(C#N)c1. The van der Waals surface area contributed by atoms with Gasteiger partial charge in [-0.1, -0.05) is 35.3 Å². The lowest BCUT2D eigenvalue weighted by Gasteiger charge is -2.21. The van der Waals surface area contributed by atoms with Crippen molar-refractivity contribution in [2.45, 2.75) is 13.3 Å². The molecule has 0 bridgehead atoms. The van der Waals surface area contributed by atoms with Crippen molar-refractivity contribution in [1.29, 1.82) is 5.26 Å². The Balaban J connectivity index is 1.95. The third kappa shape index (κ3) is 5.48. The second kappa shape index (κ2) is 9.23. The molecule has 7 heteroatoms. The van der Waals surface area contributed by atoms with Gasteiger partial charge in [0.25, 0.3) is 0 Å². The Labute approximate surface area is 162 Å². The number of nitriles is 1. The summed E-state index contributed by atoms with van der Waals surface area (Å²) < 4.78 is 0. The molecule has 0 spiro atoms. The fourth-order valence-corrected chi connectivity index (χ4v) is 2.89. The van der Waals surface area contributed by atoms with Crippen LogP contribution in [0.2, 0.25) is 10.0 Å². The Hall–Kier alpha value is -2.55. The average Bonchev–Trinajstić information content (AvgIpc) is 2.61. The van der Waals surface area contributed by atoms with Gasteiger partial charge in [0.2, 0.25) is 11.8 Å². The van der Waals surface area contributed by atoms with Gasteiger partial charge in [-0.2, -0.15) is 5.26 Å². The van der Waals surface area contributed by atoms with Crippen molar-refractivity contribution in [3.63, 3.8) is 0 Å². The van der Waals surface area contributed by atoms with Crippen LogP contribution in [-0.2, 0) is 16.0 Å². The summed E-state index contributed by atoms with van der Waals surface area (Å²) in [5, 5.41) is 12.8. The molecule has 0 aliphatic carbocycles. The number of carbonyl (C=O) groups excluding carboxylic acids is 2. The molecule has 0 heterocycles. The van der Waals surface area contributed by atoms with E-state index in [0.29, 0.717) is 34.3 Å². The van der Waals surface area contributed by atoms with E-state index in [9.17, 15) is 9.59 Å². The summed E-state index contributed by atoms with van der Waals surface area (Å²) >= 11 is 12.0. The minimum atomic E-state index is -0.298. The van der Waals surface area contributed by atoms with Gasteiger partial charge in [-0.3, -0.25) is 9.59 Å². The van der Waals surface area contributed by atoms with Crippen molar-refractivity contribution in [3.8, 4) is 6.07 Å². The average molecular weight is 390 g/mol. The lowest BCUT2D eigenvalue weighted by atomic mass is 10.1. The molecule has 5 nitrogen and oxygen atoms in total. The zero-order valence-electron chi connectivity index (χ0n) is 14.1. The molecule has 2 amide bonds. The van der Waals surface area contributed by atoms with Crippen molar-refractivity contribution < 1.29 is 9.59 Å². The Bertz CT molecular complexity index is 862. The van der Waals surface area contributed by atoms with Crippen molar-refractivity contribution >= 4 is 40.7 Å². The number of halogens is 2. The van der Waals surface area contributed by atoms with E-state index in [2.05, 4.69) is 5.32 Å². The highest BCUT2D eigenvalue weighted by molar-refractivity contribution is 6.35. The van der Waals surface area contributed by atoms with Crippen LogP contribution in [0.3, 0.4) is 0 Å². The summed E-state index contributed by atoms with van der Waals surface area (Å²) in [6, 6.07) is 13.8. The number of hydrogen-bond donors (Lipinski definition) is 1. The van der Waals surface area contributed by atoms with Crippen LogP contribution in [0.4, 0.5) is 5.69 Å². The highest BCUT2D eigenvalue weighted by Gasteiger charge is 2.16. The lowest BCUT2D eigenvalue weighted by molar-refractivity contribution is -0.123. The third-order valence-electron chi connectivity index (χ3n) is 3.70. The molecule has 0 aromatic heterocycles. The fraction of sp³-hybridized carbons (Fsp3) is 0.211. The Morgan fingerprint density at radius 1 is 1.19 bits per heavy atom. The number of carbonyl (C=O) groups is 2. The Morgan fingerprint density at radius 2 is 1.96 bits per heavy atom. The van der Waals surface area contributed by atoms with E-state index in [-0.39, 0.29) is 18.4 Å². The van der Waals surface area contributed by atoms with Gasteiger partial charge < -0.3 is 10.2 Å². The molecular weight excluding hydrogens is 373 g/mol. The van der Waals surface area contributed by atoms with Gasteiger partial charge in [0.05, 0.1) is 11.6 Å². The minimum Gasteiger partial charge on any atom is -0.354 e. The predicted octanol–water partition coefficient (Wildman–Crippen LogP) is 3.58. The molecule has 26 heavy (non-hydrogen) atoms. The molecule has 0 saturated heterocycles. The summed E-state index contributed by atoms with van der Waals surface area (Å²) in [6.07, 6.45) is 0.547. The molecule has 2 aromatic rings. The van der Waals surface area contributed by atoms with E-state index >= 15 is 0 Å². The Morgan fingerprint density at radius 3 is 2.62 bits per heavy atom. The number of benzene rings is 2. The number of rotatable bonds is 6. The third-order valence-corrected chi connectivity index (χ3v) is 4.29. The van der Waals surface area contributed by atoms with Crippen LogP contribution in [0.15, 0.2) is 42.5 Å². The molecule has 0 saturated carbocycles. The Kier molecular flexibility index (Phi) is 7.02. The molecule has 0 unspecified atom stereocenters. The van der Waals surface area contributed by atoms with Crippen molar-refractivity contribution in [3.05, 3.63) is 63.6 Å². The summed E-state index contributed by atoms with van der Waals surface area (Å²) in [5.74, 6) is -0.580. The van der Waals surface area contributed by atoms with E-state index < -0.39 is 0 Å². The summed E-state index contributed by atoms with van der Waals surface area (Å²) in [7, 11) is 0. The molecule has 0 fully saturated rings. The van der Waals surface area contributed by atoms with Gasteiger partial charge in [-0.15, -0.1) is 0 Å². The first kappa shape index (κ1) is 19.8. The second-order valence-electron chi connectivity index (χ2n) is 5.60. The molecule has 2 rings (SSSR count). The zero-order valence-corrected chi connectivity index (χ0v) is 15.6. The van der Waals surface area contributed by atoms with Gasteiger partial charge in [0.15, 0.2) is 0 Å². The molecule has 0 atom stereocenters. The van der Waals surface area contributed by atoms with Crippen LogP contribution < -0.4 is 10.2 Å². The minimum absolute atomic E-state index is 0.126. The van der Waals surface area contributed by atoms with Crippen LogP contribution in [0.25, 0.3) is 0 Å². The maximum Gasteiger partial charge on any atom is 0.240 e. The lowest BCUT2D eigenvalue weighted by Crippen LogP contribution is -2.40. The fourth-order valence-electron chi connectivity index (χ4n) is 2.39. The summed E-state index contributed by atoms with van der Waals surface area (Å²) in [4.78, 5) is 25.4. The second-order valence-corrected chi connectivity index (χ2v) is 6.45. The van der Waals surface area contributed by atoms with Crippen LogP contribution in [-0.4, -0.2) is 24.9 Å². The molecule has 0 radical (unpaired) electrons. The largest absolute Gasteiger partial charge is 0.354 e. The first-order valence-corrected chi connectivity index (χ1v) is 8.65. The first-order chi connectivity index (χ1) is 12.4. The molecule has 0 aliphatic heterocycles. The maximum atomic E-state index is 12.2. The van der Waals surface area contributed by atoms with Crippen LogP contribution in [0.1, 0.15) is 18.1 Å². The zero-order chi connectivity index (χ0) is 19.1. The highest BCUT2D eigenvalue weighted by Crippen LogP contribution is 2.21. The summed E-state index contributed by atoms with van der Waals surface area (Å²) in [5.41, 5.74) is 1.81. The summed E-state index contributed by atoms with van der Waals surface area (Å²) in [6.45, 7) is 1.63. The number of nitrogens with one attached hydrogen (secondary N) is 1. The quantitative estimate of drug-likeness (QED) is 0.820. The van der Waals surface area contributed by atoms with Crippen LogP contribution >= 0.6 is 23.2 Å². The van der Waals surface area contributed by atoms with E-state index in [1.165, 1.54) is 11.8 Å². The molecule has 134 valence electrons. The van der Waals surface area contributed by atoms with Crippen LogP contribution in [0.5, 0.6) is 0 Å². The molecule has 1 N–H and O–H groups in total. The van der Waals surface area contributed by atoms with Crippen LogP contribution in [0, 0.1) is 11.3 Å². The standard InChI is InChI=1S/C19H17Cl2N3O2/c1-13(25)24(17-4-2-3-14(9-17)11-22)12-19(26)23-8-7-15-5-6-16(20)10-18(15)21/h2-6,9-10H,7-8,12H2,1H3,(H,23,26). The van der Waals surface area contributed by atoms with Crippen molar-refractivity contribution in [2.75, 3.05) is 18.0 Å². The van der Waals surface area contributed by atoms with Gasteiger partial charge >= 0.3 is 0 Å². The van der Waals surface area contributed by atoms with E-state index in [4.69, 9.17) is 28.5 Å². The number of nitrogens with zero attached hydrogens (tertiary/aromatic N) is 2.